The number of carbonyl (C=O) groups is 3. The van der Waals surface area contributed by atoms with E-state index in [0.29, 0.717) is 24.1 Å². The fourth-order valence-electron chi connectivity index (χ4n) is 4.14. The van der Waals surface area contributed by atoms with Gasteiger partial charge in [-0.2, -0.15) is 8.42 Å². The molecule has 1 heterocycles. The van der Waals surface area contributed by atoms with E-state index in [1.54, 1.807) is 24.3 Å². The number of esters is 1. The Labute approximate surface area is 262 Å². The van der Waals surface area contributed by atoms with Crippen molar-refractivity contribution >= 4 is 87.0 Å². The molecule has 0 saturated heterocycles. The molecule has 2 aromatic carbocycles. The minimum atomic E-state index is -4.45. The molecule has 2 amide bonds. The van der Waals surface area contributed by atoms with Gasteiger partial charge in [-0.25, -0.2) is 0 Å². The summed E-state index contributed by atoms with van der Waals surface area (Å²) in [5.74, 6) is -1.09. The number of amides is 2. The van der Waals surface area contributed by atoms with Crippen LogP contribution in [0.3, 0.4) is 0 Å². The summed E-state index contributed by atoms with van der Waals surface area (Å²) in [7, 11) is -4.45. The molecule has 1 aliphatic rings. The molecule has 0 atom stereocenters. The van der Waals surface area contributed by atoms with Crippen molar-refractivity contribution in [3.05, 3.63) is 59.7 Å². The molecule has 192 valence electrons. The molecule has 1 aliphatic heterocycles. The average molecular weight is 550 g/mol. The minimum absolute atomic E-state index is 0. The number of hydrogen-bond donors (Lipinski definition) is 1. The molecule has 37 heavy (non-hydrogen) atoms. The number of ether oxygens (including phenoxy) is 1. The molecule has 0 fully saturated rings. The Morgan fingerprint density at radius 2 is 1.19 bits per heavy atom. The Kier molecular flexibility index (Phi) is 15.5. The number of hydrogen-bond acceptors (Lipinski definition) is 6. The average Bonchev–Trinajstić information content (AvgIpc) is 3.07. The van der Waals surface area contributed by atoms with Gasteiger partial charge in [0.05, 0.1) is 11.1 Å². The summed E-state index contributed by atoms with van der Waals surface area (Å²) in [4.78, 5) is 37.6. The maximum absolute atomic E-state index is 12.3. The van der Waals surface area contributed by atoms with Gasteiger partial charge in [0.2, 0.25) is 0 Å². The summed E-state index contributed by atoms with van der Waals surface area (Å²) in [6, 6.07) is 12.4. The van der Waals surface area contributed by atoms with Crippen LogP contribution in [0.1, 0.15) is 84.9 Å². The second-order valence-electron chi connectivity index (χ2n) is 8.64. The molecule has 0 aliphatic carbocycles. The predicted octanol–water partition coefficient (Wildman–Crippen LogP) is 3.74. The number of nitrogens with zero attached hydrogens (tertiary/aromatic N) is 1. The zero-order valence-electron chi connectivity index (χ0n) is 19.6. The Hall–Kier alpha value is -1.04. The van der Waals surface area contributed by atoms with E-state index in [9.17, 15) is 27.4 Å². The van der Waals surface area contributed by atoms with Crippen molar-refractivity contribution in [2.24, 2.45) is 0 Å². The Bertz CT molecular complexity index is 1140. The molecular weight excluding hydrogens is 516 g/mol. The molecule has 8 nitrogen and oxygen atoms in total. The quantitative estimate of drug-likeness (QED) is 0.0953. The van der Waals surface area contributed by atoms with Crippen molar-refractivity contribution in [2.75, 3.05) is 6.54 Å². The number of carbonyl (C=O) groups excluding carboxylic acids is 3. The Morgan fingerprint density at radius 1 is 0.730 bits per heavy atom. The number of fused-ring (bicyclic) bond motifs is 1. The molecular formula is C26H33NNa2O7S. The summed E-state index contributed by atoms with van der Waals surface area (Å²) in [5.41, 5.74) is 0.988. The first kappa shape index (κ1) is 34.0. The van der Waals surface area contributed by atoms with E-state index in [-0.39, 0.29) is 83.1 Å². The van der Waals surface area contributed by atoms with Gasteiger partial charge < -0.3 is 4.74 Å². The first-order chi connectivity index (χ1) is 16.8. The number of rotatable bonds is 14. The third-order valence-corrected chi connectivity index (χ3v) is 6.88. The third-order valence-electron chi connectivity index (χ3n) is 5.99. The molecule has 11 heteroatoms. The second kappa shape index (κ2) is 16.8. The second-order valence-corrected chi connectivity index (χ2v) is 10.0. The molecule has 2 aromatic rings. The van der Waals surface area contributed by atoms with E-state index in [4.69, 9.17) is 4.74 Å². The molecule has 0 radical (unpaired) electrons. The molecule has 1 N–H and O–H groups in total. The Balaban J connectivity index is 0.00000342. The van der Waals surface area contributed by atoms with Crippen LogP contribution in [0.4, 0.5) is 0 Å². The summed E-state index contributed by atoms with van der Waals surface area (Å²) in [6.45, 7) is 0.456. The van der Waals surface area contributed by atoms with Gasteiger partial charge in [0, 0.05) is 13.0 Å². The zero-order chi connectivity index (χ0) is 25.3. The topological polar surface area (TPSA) is 118 Å². The Morgan fingerprint density at radius 3 is 1.73 bits per heavy atom. The zero-order valence-corrected chi connectivity index (χ0v) is 20.5. The van der Waals surface area contributed by atoms with Crippen LogP contribution in [0, 0.1) is 0 Å². The van der Waals surface area contributed by atoms with Crippen molar-refractivity contribution in [1.82, 2.24) is 4.90 Å². The summed E-state index contributed by atoms with van der Waals surface area (Å²) in [5, 5.41) is 0. The molecule has 0 bridgehead atoms. The standard InChI is InChI=1S/C26H31NO7S.2Na.2H/c28-24(34-22-16-11-12-17-23(22)35(31,32)33)18-8-6-4-2-1-3-5-7-13-19-27-25(29)20-14-9-10-15-21(20)26(27)30;;;;/h9-12,14-17H,1-8,13,18-19H2,(H,31,32,33);;;;. The van der Waals surface area contributed by atoms with E-state index in [1.165, 1.54) is 29.2 Å². The fourth-order valence-corrected chi connectivity index (χ4v) is 4.75. The number of para-hydroxylation sites is 1. The SMILES string of the molecule is O=C(CCCCCCCCCCCN1C(=O)c2ccccc2C1=O)Oc1ccccc1S(=O)(=O)O.[NaH].[NaH]. The van der Waals surface area contributed by atoms with E-state index in [0.717, 1.165) is 51.4 Å². The first-order valence-corrected chi connectivity index (χ1v) is 13.5. The molecule has 0 saturated carbocycles. The van der Waals surface area contributed by atoms with E-state index in [1.807, 2.05) is 0 Å². The van der Waals surface area contributed by atoms with Crippen LogP contribution in [-0.2, 0) is 14.9 Å². The van der Waals surface area contributed by atoms with Crippen LogP contribution < -0.4 is 4.74 Å². The number of unbranched alkanes of at least 4 members (excludes halogenated alkanes) is 8. The van der Waals surface area contributed by atoms with Gasteiger partial charge in [0.25, 0.3) is 21.9 Å². The predicted molar refractivity (Wildman–Crippen MR) is 144 cm³/mol. The number of imide groups is 1. The monoisotopic (exact) mass is 549 g/mol. The fraction of sp³-hybridized carbons (Fsp3) is 0.423. The summed E-state index contributed by atoms with van der Waals surface area (Å²) < 4.78 is 37.0. The van der Waals surface area contributed by atoms with Crippen molar-refractivity contribution in [1.29, 1.82) is 0 Å². The summed E-state index contributed by atoms with van der Waals surface area (Å²) >= 11 is 0. The number of benzene rings is 2. The van der Waals surface area contributed by atoms with Gasteiger partial charge in [-0.1, -0.05) is 69.2 Å². The normalized spacial score (nSPS) is 12.5. The van der Waals surface area contributed by atoms with Crippen LogP contribution in [0.15, 0.2) is 53.4 Å². The van der Waals surface area contributed by atoms with Gasteiger partial charge in [-0.05, 0) is 37.1 Å². The molecule has 0 unspecified atom stereocenters. The maximum atomic E-state index is 12.3. The van der Waals surface area contributed by atoms with Crippen LogP contribution in [-0.4, -0.2) is 101 Å². The van der Waals surface area contributed by atoms with Crippen molar-refractivity contribution in [2.45, 2.75) is 69.1 Å². The van der Waals surface area contributed by atoms with Crippen molar-refractivity contribution < 1.29 is 32.1 Å². The van der Waals surface area contributed by atoms with E-state index >= 15 is 0 Å². The molecule has 0 spiro atoms. The van der Waals surface area contributed by atoms with E-state index < -0.39 is 21.0 Å². The molecule has 0 aromatic heterocycles. The van der Waals surface area contributed by atoms with Crippen molar-refractivity contribution in [3.63, 3.8) is 0 Å². The van der Waals surface area contributed by atoms with Crippen LogP contribution >= 0.6 is 0 Å². The van der Waals surface area contributed by atoms with E-state index in [2.05, 4.69) is 0 Å². The van der Waals surface area contributed by atoms with Gasteiger partial charge in [0.15, 0.2) is 5.75 Å². The van der Waals surface area contributed by atoms with Crippen molar-refractivity contribution in [3.8, 4) is 5.75 Å². The van der Waals surface area contributed by atoms with Crippen LogP contribution in [0.25, 0.3) is 0 Å². The van der Waals surface area contributed by atoms with Gasteiger partial charge in [-0.3, -0.25) is 23.8 Å². The van der Waals surface area contributed by atoms with Crippen LogP contribution in [0.2, 0.25) is 0 Å². The van der Waals surface area contributed by atoms with Gasteiger partial charge in [-0.15, -0.1) is 0 Å². The van der Waals surface area contributed by atoms with Gasteiger partial charge in [0.1, 0.15) is 4.90 Å². The third kappa shape index (κ3) is 10.2. The summed E-state index contributed by atoms with van der Waals surface area (Å²) in [6.07, 6.45) is 8.71. The van der Waals surface area contributed by atoms with Crippen LogP contribution in [0.5, 0.6) is 5.75 Å². The molecule has 3 rings (SSSR count). The first-order valence-electron chi connectivity index (χ1n) is 12.0. The van der Waals surface area contributed by atoms with Gasteiger partial charge >= 0.3 is 65.1 Å².